The average Bonchev–Trinajstić information content (AvgIpc) is 3.21. The van der Waals surface area contributed by atoms with Crippen LogP contribution in [0, 0.1) is 30.6 Å². The molecule has 1 aromatic rings. The summed E-state index contributed by atoms with van der Waals surface area (Å²) < 4.78 is 40.8. The van der Waals surface area contributed by atoms with Crippen molar-refractivity contribution in [2.75, 3.05) is 33.8 Å². The van der Waals surface area contributed by atoms with Crippen molar-refractivity contribution in [2.24, 2.45) is 23.7 Å². The Kier molecular flexibility index (Phi) is 33.2. The Morgan fingerprint density at radius 1 is 0.766 bits per heavy atom. The maximum atomic E-state index is 12.8. The summed E-state index contributed by atoms with van der Waals surface area (Å²) in [5.41, 5.74) is 0.640. The highest BCUT2D eigenvalue weighted by molar-refractivity contribution is 5.94. The number of aliphatic carboxylic acids is 1. The number of rotatable bonds is 21. The van der Waals surface area contributed by atoms with Crippen molar-refractivity contribution < 1.29 is 56.6 Å². The number of benzene rings is 1. The fourth-order valence-corrected chi connectivity index (χ4v) is 5.29. The van der Waals surface area contributed by atoms with Gasteiger partial charge in [-0.05, 0) is 82.8 Å². The van der Waals surface area contributed by atoms with Crippen LogP contribution in [-0.4, -0.2) is 108 Å². The van der Waals surface area contributed by atoms with Gasteiger partial charge in [-0.15, -0.1) is 0 Å². The van der Waals surface area contributed by atoms with Crippen molar-refractivity contribution in [1.29, 1.82) is 0 Å². The van der Waals surface area contributed by atoms with Gasteiger partial charge in [0.15, 0.2) is 6.61 Å². The molecule has 17 heteroatoms. The highest BCUT2D eigenvalue weighted by Gasteiger charge is 2.31. The van der Waals surface area contributed by atoms with E-state index >= 15 is 0 Å². The van der Waals surface area contributed by atoms with Crippen molar-refractivity contribution in [2.45, 2.75) is 153 Å². The summed E-state index contributed by atoms with van der Waals surface area (Å²) in [7, 11) is 2.72. The second kappa shape index (κ2) is 33.5. The summed E-state index contributed by atoms with van der Waals surface area (Å²) in [6.07, 6.45) is 2.04. The Hall–Kier alpha value is -4.96. The first-order valence-electron chi connectivity index (χ1n) is 22.2. The van der Waals surface area contributed by atoms with E-state index in [-0.39, 0.29) is 5.92 Å². The number of alkyl halides is 3. The Labute approximate surface area is 380 Å². The third-order valence-electron chi connectivity index (χ3n) is 9.49. The smallest absolute Gasteiger partial charge is 0.416 e. The minimum Gasteiger partial charge on any atom is -0.480 e. The van der Waals surface area contributed by atoms with E-state index in [4.69, 9.17) is 9.84 Å². The maximum Gasteiger partial charge on any atom is 0.416 e. The number of carboxylic acid groups (broad SMARTS) is 1. The number of carbonyl (C=O) groups excluding carboxylic acids is 6. The summed E-state index contributed by atoms with van der Waals surface area (Å²) in [4.78, 5) is 88.7. The molecule has 0 aliphatic rings. The van der Waals surface area contributed by atoms with Gasteiger partial charge < -0.3 is 35.6 Å². The number of esters is 1. The lowest BCUT2D eigenvalue weighted by Crippen LogP contribution is -2.55. The van der Waals surface area contributed by atoms with Gasteiger partial charge in [0, 0.05) is 19.7 Å². The fraction of sp³-hybridized carbons (Fsp3) is 0.681. The molecule has 0 aliphatic carbocycles. The van der Waals surface area contributed by atoms with E-state index in [1.165, 1.54) is 40.1 Å². The van der Waals surface area contributed by atoms with E-state index in [1.807, 2.05) is 20.8 Å². The zero-order valence-electron chi connectivity index (χ0n) is 41.3. The fourth-order valence-electron chi connectivity index (χ4n) is 5.29. The van der Waals surface area contributed by atoms with E-state index in [9.17, 15) is 46.7 Å². The molecule has 0 aliphatic heterocycles. The van der Waals surface area contributed by atoms with Crippen LogP contribution in [0.15, 0.2) is 35.9 Å². The maximum absolute atomic E-state index is 12.8. The van der Waals surface area contributed by atoms with Gasteiger partial charge in [-0.3, -0.25) is 28.8 Å². The summed E-state index contributed by atoms with van der Waals surface area (Å²) in [6.45, 7) is 25.3. The lowest BCUT2D eigenvalue weighted by molar-refractivity contribution is -0.146. The summed E-state index contributed by atoms with van der Waals surface area (Å²) in [5.74, 6) is -3.28. The molecule has 0 bridgehead atoms. The van der Waals surface area contributed by atoms with Crippen molar-refractivity contribution >= 4 is 41.5 Å². The first kappa shape index (κ1) is 63.3. The second-order valence-corrected chi connectivity index (χ2v) is 16.7. The van der Waals surface area contributed by atoms with Crippen LogP contribution in [0.3, 0.4) is 0 Å². The van der Waals surface area contributed by atoms with E-state index < -0.39 is 91.0 Å². The topological polar surface area (TPSA) is 192 Å². The average molecular weight is 916 g/mol. The monoisotopic (exact) mass is 916 g/mol. The highest BCUT2D eigenvalue weighted by atomic mass is 19.4. The van der Waals surface area contributed by atoms with Crippen LogP contribution in [0.25, 0.3) is 0 Å². The number of likely N-dealkylation sites (N-methyl/N-ethyl adjacent to an activating group) is 2. The largest absolute Gasteiger partial charge is 0.480 e. The third kappa shape index (κ3) is 29.4. The lowest BCUT2D eigenvalue weighted by atomic mass is 9.92. The van der Waals surface area contributed by atoms with Gasteiger partial charge in [0.05, 0.1) is 18.7 Å². The number of carbonyl (C=O) groups is 7. The second-order valence-electron chi connectivity index (χ2n) is 16.7. The zero-order chi connectivity index (χ0) is 50.5. The van der Waals surface area contributed by atoms with E-state index in [0.717, 1.165) is 59.1 Å². The van der Waals surface area contributed by atoms with Crippen LogP contribution in [0.2, 0.25) is 0 Å². The minimum atomic E-state index is -4.21. The number of hydrogen-bond acceptors (Lipinski definition) is 8. The van der Waals surface area contributed by atoms with Crippen molar-refractivity contribution in [3.63, 3.8) is 0 Å². The van der Waals surface area contributed by atoms with Gasteiger partial charge >= 0.3 is 18.1 Å². The number of halogens is 3. The van der Waals surface area contributed by atoms with Gasteiger partial charge in [0.25, 0.3) is 5.91 Å². The normalized spacial score (nSPS) is 13.8. The van der Waals surface area contributed by atoms with Gasteiger partial charge in [-0.1, -0.05) is 106 Å². The molecule has 1 rings (SSSR count). The molecule has 6 atom stereocenters. The molecule has 0 saturated heterocycles. The van der Waals surface area contributed by atoms with Gasteiger partial charge in [0.1, 0.15) is 18.1 Å². The van der Waals surface area contributed by atoms with Crippen LogP contribution in [0.1, 0.15) is 133 Å². The van der Waals surface area contributed by atoms with E-state index in [1.54, 1.807) is 26.8 Å². The first-order valence-corrected chi connectivity index (χ1v) is 22.2. The number of aryl methyl sites for hydroxylation is 1. The van der Waals surface area contributed by atoms with Crippen LogP contribution in [-0.2, 0) is 44.5 Å². The quantitative estimate of drug-likeness (QED) is 0.0712. The molecule has 0 aromatic heterocycles. The molecule has 4 unspecified atom stereocenters. The molecule has 0 radical (unpaired) electrons. The molecule has 4 N–H and O–H groups in total. The number of ether oxygens (including phenoxy) is 1. The summed E-state index contributed by atoms with van der Waals surface area (Å²) in [5, 5.41) is 16.4. The van der Waals surface area contributed by atoms with Gasteiger partial charge in [0.2, 0.25) is 23.6 Å². The Morgan fingerprint density at radius 2 is 1.30 bits per heavy atom. The highest BCUT2D eigenvalue weighted by Crippen LogP contribution is 2.29. The third-order valence-corrected chi connectivity index (χ3v) is 9.49. The Bertz CT molecular complexity index is 1600. The molecule has 0 saturated carbocycles. The zero-order valence-corrected chi connectivity index (χ0v) is 41.3. The van der Waals surface area contributed by atoms with Crippen molar-refractivity contribution in [3.05, 3.63) is 47.0 Å². The molecular weight excluding hydrogens is 836 g/mol. The van der Waals surface area contributed by atoms with Gasteiger partial charge in [-0.2, -0.15) is 13.2 Å². The van der Waals surface area contributed by atoms with Crippen molar-refractivity contribution in [1.82, 2.24) is 25.8 Å². The van der Waals surface area contributed by atoms with Crippen LogP contribution >= 0.6 is 0 Å². The summed E-state index contributed by atoms with van der Waals surface area (Å²) >= 11 is 0. The van der Waals surface area contributed by atoms with Crippen LogP contribution in [0.4, 0.5) is 13.2 Å². The number of allylic oxidation sites excluding steroid dienone is 1. The van der Waals surface area contributed by atoms with Crippen molar-refractivity contribution in [3.8, 4) is 0 Å². The number of hydrogen-bond donors (Lipinski definition) is 4. The minimum absolute atomic E-state index is 0.316. The Morgan fingerprint density at radius 3 is 1.77 bits per heavy atom. The predicted molar refractivity (Wildman–Crippen MR) is 245 cm³/mol. The molecule has 14 nitrogen and oxygen atoms in total. The van der Waals surface area contributed by atoms with Crippen LogP contribution < -0.4 is 16.0 Å². The number of nitrogens with zero attached hydrogens (tertiary/aromatic N) is 2. The summed E-state index contributed by atoms with van der Waals surface area (Å²) in [6, 6.07) is 1.86. The molecule has 1 aromatic carbocycles. The van der Waals surface area contributed by atoms with Gasteiger partial charge in [-0.25, -0.2) is 4.79 Å². The molecule has 5 amide bonds. The number of nitrogens with one attached hydrogen (secondary N) is 3. The molecule has 0 spiro atoms. The van der Waals surface area contributed by atoms with E-state index in [0.29, 0.717) is 23.8 Å². The van der Waals surface area contributed by atoms with Crippen LogP contribution in [0.5, 0.6) is 0 Å². The molecular formula is C47H80F3N5O9. The first-order chi connectivity index (χ1) is 29.6. The molecule has 368 valence electrons. The number of amides is 5. The molecule has 0 heterocycles. The standard InChI is InChI=1S/C33H57N5O9.C8H7F3.C4H10.C2H6/c1-11-20(3)16-21(4)14-13-15-23(6)33(46)47-19-27(40)34-24(7)31(43)38(10)18-28(41)37(9)17-26(39)36-29(22(5)12-2)30(42)35-25(8)32(44)45;1-6-2-4-7(5-3-6)8(9,10)11;1-4(2)3;1-2/h15,20-22,24-25,29H,11-14,16-19H2,1-10H3,(H,34,40)(H,35,42)(H,36,39)(H,44,45);2-5H,1H3;4H,1-3H3;1-2H3/b23-15+;;;/t20-,21?,22?,24?,25+,29?;;;/m0.../s1. The Balaban J connectivity index is -0.00000182. The predicted octanol–water partition coefficient (Wildman–Crippen LogP) is 7.57. The molecule has 64 heavy (non-hydrogen) atoms. The SMILES string of the molecule is CC.CC(C)C.CCC(C)C(NC(=O)CN(C)C(=O)CN(C)C(=O)C(C)NC(=O)COC(=O)/C(C)=C/CCC(C)C[C@@H](C)CC)C(=O)N[C@H](C)C(=O)O.Cc1ccc(C(F)(F)F)cc1. The lowest BCUT2D eigenvalue weighted by Gasteiger charge is -2.27. The molecule has 0 fully saturated rings. The number of carboxylic acids is 1. The van der Waals surface area contributed by atoms with E-state index in [2.05, 4.69) is 57.5 Å².